The third-order valence-corrected chi connectivity index (χ3v) is 2.14. The molecule has 0 fully saturated rings. The Kier molecular flexibility index (Phi) is 3.31. The molecule has 1 aromatic heterocycles. The van der Waals surface area contributed by atoms with Crippen molar-refractivity contribution in [1.82, 2.24) is 9.55 Å². The fraction of sp³-hybridized carbons (Fsp3) is 0.667. The highest BCUT2D eigenvalue weighted by Crippen LogP contribution is 2.09. The van der Waals surface area contributed by atoms with Crippen molar-refractivity contribution in [1.29, 1.82) is 0 Å². The number of aromatic nitrogens is 2. The number of aliphatic hydroxyl groups is 1. The number of nitrogens with zero attached hydrogens (tertiary/aromatic N) is 2. The van der Waals surface area contributed by atoms with Crippen LogP contribution in [0.1, 0.15) is 13.8 Å². The van der Waals surface area contributed by atoms with Crippen LogP contribution in [0.2, 0.25) is 0 Å². The van der Waals surface area contributed by atoms with Gasteiger partial charge in [-0.3, -0.25) is 0 Å². The SMILES string of the molecule is CC(C)[C@@H](CO)Nc1nccn1C. The van der Waals surface area contributed by atoms with Gasteiger partial charge in [0.1, 0.15) is 0 Å². The summed E-state index contributed by atoms with van der Waals surface area (Å²) in [5.41, 5.74) is 0. The molecule has 0 bridgehead atoms. The van der Waals surface area contributed by atoms with Crippen molar-refractivity contribution in [2.45, 2.75) is 19.9 Å². The lowest BCUT2D eigenvalue weighted by Gasteiger charge is -2.20. The predicted octanol–water partition coefficient (Wildman–Crippen LogP) is 0.849. The van der Waals surface area contributed by atoms with E-state index in [1.54, 1.807) is 6.20 Å². The van der Waals surface area contributed by atoms with Crippen LogP contribution in [0, 0.1) is 5.92 Å². The molecule has 0 aromatic carbocycles. The largest absolute Gasteiger partial charge is 0.394 e. The van der Waals surface area contributed by atoms with Gasteiger partial charge in [-0.15, -0.1) is 0 Å². The van der Waals surface area contributed by atoms with Crippen LogP contribution < -0.4 is 5.32 Å². The number of rotatable bonds is 4. The Morgan fingerprint density at radius 2 is 2.31 bits per heavy atom. The molecular formula is C9H17N3O. The standard InChI is InChI=1S/C9H17N3O/c1-7(2)8(6-13)11-9-10-4-5-12(9)3/h4-5,7-8,13H,6H2,1-3H3,(H,10,11)/t8-/m1/s1. The maximum absolute atomic E-state index is 9.09. The lowest BCUT2D eigenvalue weighted by Crippen LogP contribution is -2.30. The molecule has 4 heteroatoms. The van der Waals surface area contributed by atoms with Crippen LogP contribution in [0.4, 0.5) is 5.95 Å². The molecule has 0 unspecified atom stereocenters. The van der Waals surface area contributed by atoms with Crippen molar-refractivity contribution >= 4 is 5.95 Å². The van der Waals surface area contributed by atoms with Gasteiger partial charge in [0.25, 0.3) is 0 Å². The minimum atomic E-state index is 0.0705. The lowest BCUT2D eigenvalue weighted by molar-refractivity contribution is 0.248. The van der Waals surface area contributed by atoms with E-state index in [-0.39, 0.29) is 12.6 Å². The topological polar surface area (TPSA) is 50.1 Å². The van der Waals surface area contributed by atoms with Crippen LogP contribution in [-0.4, -0.2) is 27.3 Å². The second-order valence-electron chi connectivity index (χ2n) is 3.54. The van der Waals surface area contributed by atoms with Gasteiger partial charge in [-0.25, -0.2) is 4.98 Å². The summed E-state index contributed by atoms with van der Waals surface area (Å²) < 4.78 is 1.89. The second-order valence-corrected chi connectivity index (χ2v) is 3.54. The molecule has 1 rings (SSSR count). The first-order valence-electron chi connectivity index (χ1n) is 4.50. The van der Waals surface area contributed by atoms with Crippen LogP contribution >= 0.6 is 0 Å². The number of aliphatic hydroxyl groups excluding tert-OH is 1. The Hall–Kier alpha value is -1.03. The van der Waals surface area contributed by atoms with Gasteiger partial charge in [-0.2, -0.15) is 0 Å². The number of hydrogen-bond acceptors (Lipinski definition) is 3. The fourth-order valence-electron chi connectivity index (χ4n) is 1.09. The molecule has 1 aromatic rings. The highest BCUT2D eigenvalue weighted by Gasteiger charge is 2.13. The Labute approximate surface area is 78.6 Å². The first kappa shape index (κ1) is 10.1. The average molecular weight is 183 g/mol. The summed E-state index contributed by atoms with van der Waals surface area (Å²) in [6, 6.07) is 0.0705. The zero-order chi connectivity index (χ0) is 9.84. The maximum Gasteiger partial charge on any atom is 0.202 e. The summed E-state index contributed by atoms with van der Waals surface area (Å²) in [7, 11) is 1.92. The van der Waals surface area contributed by atoms with Gasteiger partial charge in [0.2, 0.25) is 5.95 Å². The van der Waals surface area contributed by atoms with Gasteiger partial charge in [-0.1, -0.05) is 13.8 Å². The van der Waals surface area contributed by atoms with Crippen LogP contribution in [0.5, 0.6) is 0 Å². The Morgan fingerprint density at radius 1 is 1.62 bits per heavy atom. The minimum absolute atomic E-state index is 0.0705. The van der Waals surface area contributed by atoms with Crippen molar-refractivity contribution < 1.29 is 5.11 Å². The first-order valence-corrected chi connectivity index (χ1v) is 4.50. The molecule has 0 spiro atoms. The minimum Gasteiger partial charge on any atom is -0.394 e. The number of aryl methyl sites for hydroxylation is 1. The van der Waals surface area contributed by atoms with E-state index in [1.807, 2.05) is 17.8 Å². The molecule has 0 saturated carbocycles. The molecular weight excluding hydrogens is 166 g/mol. The van der Waals surface area contributed by atoms with E-state index < -0.39 is 0 Å². The highest BCUT2D eigenvalue weighted by atomic mass is 16.3. The smallest absolute Gasteiger partial charge is 0.202 e. The van der Waals surface area contributed by atoms with E-state index in [4.69, 9.17) is 5.11 Å². The molecule has 0 saturated heterocycles. The van der Waals surface area contributed by atoms with Crippen LogP contribution in [0.25, 0.3) is 0 Å². The molecule has 1 heterocycles. The predicted molar refractivity (Wildman–Crippen MR) is 52.5 cm³/mol. The summed E-state index contributed by atoms with van der Waals surface area (Å²) in [5, 5.41) is 12.3. The van der Waals surface area contributed by atoms with Gasteiger partial charge in [0.05, 0.1) is 12.6 Å². The molecule has 2 N–H and O–H groups in total. The molecule has 0 amide bonds. The van der Waals surface area contributed by atoms with E-state index in [9.17, 15) is 0 Å². The molecule has 0 aliphatic carbocycles. The van der Waals surface area contributed by atoms with Gasteiger partial charge in [0, 0.05) is 19.4 Å². The Balaban J connectivity index is 2.62. The van der Waals surface area contributed by atoms with Crippen molar-refractivity contribution in [2.75, 3.05) is 11.9 Å². The summed E-state index contributed by atoms with van der Waals surface area (Å²) in [4.78, 5) is 4.13. The molecule has 1 atom stereocenters. The molecule has 4 nitrogen and oxygen atoms in total. The van der Waals surface area contributed by atoms with E-state index in [2.05, 4.69) is 24.1 Å². The highest BCUT2D eigenvalue weighted by molar-refractivity contribution is 5.27. The van der Waals surface area contributed by atoms with Gasteiger partial charge in [0.15, 0.2) is 0 Å². The number of nitrogens with one attached hydrogen (secondary N) is 1. The quantitative estimate of drug-likeness (QED) is 0.727. The lowest BCUT2D eigenvalue weighted by atomic mass is 10.1. The van der Waals surface area contributed by atoms with Crippen molar-refractivity contribution in [3.8, 4) is 0 Å². The summed E-state index contributed by atoms with van der Waals surface area (Å²) in [5.74, 6) is 1.19. The molecule has 0 aliphatic heterocycles. The van der Waals surface area contributed by atoms with Gasteiger partial charge < -0.3 is 15.0 Å². The average Bonchev–Trinajstić information content (AvgIpc) is 2.46. The summed E-state index contributed by atoms with van der Waals surface area (Å²) in [6.07, 6.45) is 3.61. The van der Waals surface area contributed by atoms with Crippen molar-refractivity contribution in [2.24, 2.45) is 13.0 Å². The molecule has 74 valence electrons. The third kappa shape index (κ3) is 2.45. The zero-order valence-electron chi connectivity index (χ0n) is 8.36. The molecule has 0 radical (unpaired) electrons. The number of anilines is 1. The Morgan fingerprint density at radius 3 is 2.69 bits per heavy atom. The monoisotopic (exact) mass is 183 g/mol. The number of hydrogen-bond donors (Lipinski definition) is 2. The zero-order valence-corrected chi connectivity index (χ0v) is 8.36. The number of imidazole rings is 1. The van der Waals surface area contributed by atoms with Crippen molar-refractivity contribution in [3.63, 3.8) is 0 Å². The third-order valence-electron chi connectivity index (χ3n) is 2.14. The fourth-order valence-corrected chi connectivity index (χ4v) is 1.09. The Bertz CT molecular complexity index is 257. The van der Waals surface area contributed by atoms with E-state index in [0.29, 0.717) is 5.92 Å². The van der Waals surface area contributed by atoms with Gasteiger partial charge >= 0.3 is 0 Å². The second kappa shape index (κ2) is 4.28. The first-order chi connectivity index (χ1) is 6.15. The van der Waals surface area contributed by atoms with Crippen LogP contribution in [-0.2, 0) is 7.05 Å². The van der Waals surface area contributed by atoms with E-state index in [0.717, 1.165) is 5.95 Å². The summed E-state index contributed by atoms with van der Waals surface area (Å²) in [6.45, 7) is 4.26. The van der Waals surface area contributed by atoms with E-state index in [1.165, 1.54) is 0 Å². The van der Waals surface area contributed by atoms with E-state index >= 15 is 0 Å². The van der Waals surface area contributed by atoms with Crippen LogP contribution in [0.15, 0.2) is 12.4 Å². The van der Waals surface area contributed by atoms with Crippen molar-refractivity contribution in [3.05, 3.63) is 12.4 Å². The maximum atomic E-state index is 9.09. The summed E-state index contributed by atoms with van der Waals surface area (Å²) >= 11 is 0. The van der Waals surface area contributed by atoms with Crippen LogP contribution in [0.3, 0.4) is 0 Å². The molecule has 13 heavy (non-hydrogen) atoms. The molecule has 0 aliphatic rings. The van der Waals surface area contributed by atoms with Gasteiger partial charge in [-0.05, 0) is 5.92 Å². The normalized spacial score (nSPS) is 13.3.